The number of piperidine rings is 1. The molecule has 0 aliphatic carbocycles. The topological polar surface area (TPSA) is 29.0 Å². The zero-order chi connectivity index (χ0) is 17.2. The summed E-state index contributed by atoms with van der Waals surface area (Å²) in [4.78, 5) is 3.74. The van der Waals surface area contributed by atoms with E-state index in [1.165, 1.54) is 43.4 Å². The first-order valence-electron chi connectivity index (χ1n) is 8.97. The lowest BCUT2D eigenvalue weighted by Gasteiger charge is -2.21. The lowest BCUT2D eigenvalue weighted by atomic mass is 9.89. The van der Waals surface area contributed by atoms with Gasteiger partial charge < -0.3 is 4.90 Å². The van der Waals surface area contributed by atoms with Crippen molar-refractivity contribution in [3.63, 3.8) is 0 Å². The zero-order valence-electron chi connectivity index (χ0n) is 14.6. The minimum absolute atomic E-state index is 0.255. The van der Waals surface area contributed by atoms with Crippen molar-refractivity contribution in [3.05, 3.63) is 28.1 Å². The number of thioether (sulfide) groups is 1. The van der Waals surface area contributed by atoms with Crippen LogP contribution in [0, 0.1) is 23.7 Å². The molecule has 0 saturated carbocycles. The van der Waals surface area contributed by atoms with E-state index in [9.17, 15) is 0 Å². The summed E-state index contributed by atoms with van der Waals surface area (Å²) in [5, 5.41) is 3.46. The van der Waals surface area contributed by atoms with E-state index in [0.717, 1.165) is 22.4 Å². The molecule has 0 spiro atoms. The van der Waals surface area contributed by atoms with Crippen LogP contribution in [0.2, 0.25) is 0 Å². The lowest BCUT2D eigenvalue weighted by molar-refractivity contribution is 0.269. The van der Waals surface area contributed by atoms with Gasteiger partial charge in [0.05, 0.1) is 27.5 Å². The van der Waals surface area contributed by atoms with Crippen LogP contribution in [0.25, 0.3) is 0 Å². The minimum Gasteiger partial charge on any atom is -0.302 e. The standard InChI is InChI=1S/C19H23N3S3/c1-13(2)17(8-7-15-6-4-10-23-15)24-19-18(20-25-21-19)16-12-22-9-3-5-14(16)11-22/h4,6,10,13-14,16-17H,3,5,9,11-12H2,1-2H3/t14-,16+,17?/m0/s1. The summed E-state index contributed by atoms with van der Waals surface area (Å²) in [7, 11) is 0. The Hall–Kier alpha value is -0.870. The molecule has 0 aromatic carbocycles. The van der Waals surface area contributed by atoms with Gasteiger partial charge in [-0.15, -0.1) is 11.3 Å². The molecule has 2 aromatic heterocycles. The number of fused-ring (bicyclic) bond motifs is 2. The molecule has 2 fully saturated rings. The summed E-state index contributed by atoms with van der Waals surface area (Å²) in [6, 6.07) is 4.14. The third-order valence-corrected chi connectivity index (χ3v) is 7.99. The molecule has 4 heterocycles. The number of aromatic nitrogens is 2. The maximum atomic E-state index is 4.72. The summed E-state index contributed by atoms with van der Waals surface area (Å²) in [5.74, 6) is 8.64. The van der Waals surface area contributed by atoms with Crippen LogP contribution in [-0.4, -0.2) is 38.5 Å². The largest absolute Gasteiger partial charge is 0.302 e. The fourth-order valence-electron chi connectivity index (χ4n) is 3.76. The van der Waals surface area contributed by atoms with Gasteiger partial charge in [0, 0.05) is 19.0 Å². The summed E-state index contributed by atoms with van der Waals surface area (Å²) in [5.41, 5.74) is 1.24. The quantitative estimate of drug-likeness (QED) is 0.565. The van der Waals surface area contributed by atoms with Gasteiger partial charge in [-0.2, -0.15) is 8.75 Å². The molecular weight excluding hydrogens is 366 g/mol. The summed E-state index contributed by atoms with van der Waals surface area (Å²) in [6.07, 6.45) is 2.68. The van der Waals surface area contributed by atoms with Crippen LogP contribution < -0.4 is 0 Å². The molecule has 2 saturated heterocycles. The highest BCUT2D eigenvalue weighted by Gasteiger charge is 2.39. The molecule has 2 aliphatic heterocycles. The molecule has 4 rings (SSSR count). The van der Waals surface area contributed by atoms with Crippen molar-refractivity contribution in [3.8, 4) is 11.8 Å². The van der Waals surface area contributed by atoms with Crippen LogP contribution in [0.1, 0.15) is 43.2 Å². The Morgan fingerprint density at radius 2 is 2.24 bits per heavy atom. The molecule has 25 heavy (non-hydrogen) atoms. The monoisotopic (exact) mass is 389 g/mol. The SMILES string of the molecule is CC(C)C(C#Cc1cccs1)Sc1nsnc1[C@@H]1CN2CCC[C@H]1C2. The molecule has 132 valence electrons. The molecule has 3 nitrogen and oxygen atoms in total. The average Bonchev–Trinajstić information content (AvgIpc) is 3.32. The van der Waals surface area contributed by atoms with Gasteiger partial charge in [-0.25, -0.2) is 0 Å². The van der Waals surface area contributed by atoms with Crippen molar-refractivity contribution >= 4 is 34.8 Å². The number of hydrogen-bond donors (Lipinski definition) is 0. The van der Waals surface area contributed by atoms with Crippen molar-refractivity contribution in [1.82, 2.24) is 13.6 Å². The van der Waals surface area contributed by atoms with Gasteiger partial charge >= 0.3 is 0 Å². The predicted octanol–water partition coefficient (Wildman–Crippen LogP) is 4.58. The maximum Gasteiger partial charge on any atom is 0.135 e. The Balaban J connectivity index is 1.53. The molecule has 0 N–H and O–H groups in total. The number of rotatable bonds is 4. The fourth-order valence-corrected chi connectivity index (χ4v) is 6.14. The van der Waals surface area contributed by atoms with E-state index in [-0.39, 0.29) is 5.25 Å². The Morgan fingerprint density at radius 3 is 3.00 bits per heavy atom. The van der Waals surface area contributed by atoms with Crippen molar-refractivity contribution in [2.24, 2.45) is 11.8 Å². The van der Waals surface area contributed by atoms with E-state index in [1.54, 1.807) is 11.3 Å². The molecule has 2 unspecified atom stereocenters. The zero-order valence-corrected chi connectivity index (χ0v) is 17.1. The molecule has 2 aliphatic rings. The second-order valence-corrected chi connectivity index (χ2v) is 9.86. The van der Waals surface area contributed by atoms with Gasteiger partial charge in [0.2, 0.25) is 0 Å². The first kappa shape index (κ1) is 17.5. The van der Waals surface area contributed by atoms with E-state index < -0.39 is 0 Å². The maximum absolute atomic E-state index is 4.72. The van der Waals surface area contributed by atoms with Gasteiger partial charge in [-0.3, -0.25) is 0 Å². The van der Waals surface area contributed by atoms with E-state index in [4.69, 9.17) is 4.37 Å². The minimum atomic E-state index is 0.255. The highest BCUT2D eigenvalue weighted by molar-refractivity contribution is 8.00. The Morgan fingerprint density at radius 1 is 1.32 bits per heavy atom. The summed E-state index contributed by atoms with van der Waals surface area (Å²) < 4.78 is 9.37. The molecule has 4 atom stereocenters. The van der Waals surface area contributed by atoms with Crippen LogP contribution in [0.4, 0.5) is 0 Å². The van der Waals surface area contributed by atoms with Crippen LogP contribution in [0.3, 0.4) is 0 Å². The Kier molecular flexibility index (Phi) is 5.47. The predicted molar refractivity (Wildman–Crippen MR) is 107 cm³/mol. The highest BCUT2D eigenvalue weighted by atomic mass is 32.2. The van der Waals surface area contributed by atoms with Crippen molar-refractivity contribution < 1.29 is 0 Å². The van der Waals surface area contributed by atoms with Crippen LogP contribution >= 0.6 is 34.8 Å². The molecule has 0 radical (unpaired) electrons. The van der Waals surface area contributed by atoms with E-state index in [0.29, 0.717) is 11.8 Å². The normalized spacial score (nSPS) is 26.4. The van der Waals surface area contributed by atoms with Gasteiger partial charge in [0.1, 0.15) is 5.03 Å². The summed E-state index contributed by atoms with van der Waals surface area (Å²) in [6.45, 7) is 8.16. The van der Waals surface area contributed by atoms with Crippen molar-refractivity contribution in [2.75, 3.05) is 19.6 Å². The Bertz CT molecular complexity index is 756. The van der Waals surface area contributed by atoms with E-state index in [2.05, 4.69) is 52.5 Å². The van der Waals surface area contributed by atoms with Crippen molar-refractivity contribution in [2.45, 2.75) is 42.9 Å². The van der Waals surface area contributed by atoms with Gasteiger partial charge in [0.15, 0.2) is 0 Å². The molecular formula is C19H23N3S3. The van der Waals surface area contributed by atoms with Crippen LogP contribution in [-0.2, 0) is 0 Å². The average molecular weight is 390 g/mol. The second kappa shape index (κ2) is 7.79. The smallest absolute Gasteiger partial charge is 0.135 e. The molecule has 0 amide bonds. The number of thiophene rings is 1. The lowest BCUT2D eigenvalue weighted by Crippen LogP contribution is -2.25. The first-order valence-corrected chi connectivity index (χ1v) is 11.5. The second-order valence-electron chi connectivity index (χ2n) is 7.25. The number of hydrogen-bond acceptors (Lipinski definition) is 6. The third-order valence-electron chi connectivity index (χ3n) is 5.10. The van der Waals surface area contributed by atoms with E-state index >= 15 is 0 Å². The Labute approximate surface area is 162 Å². The molecule has 6 heteroatoms. The van der Waals surface area contributed by atoms with Crippen LogP contribution in [0.5, 0.6) is 0 Å². The first-order chi connectivity index (χ1) is 12.2. The highest BCUT2D eigenvalue weighted by Crippen LogP contribution is 2.42. The van der Waals surface area contributed by atoms with Gasteiger partial charge in [0.25, 0.3) is 0 Å². The van der Waals surface area contributed by atoms with E-state index in [1.807, 2.05) is 11.8 Å². The van der Waals surface area contributed by atoms with Gasteiger partial charge in [-0.05, 0) is 42.7 Å². The molecule has 2 bridgehead atoms. The molecule has 2 aromatic rings. The van der Waals surface area contributed by atoms with Gasteiger partial charge in [-0.1, -0.05) is 43.5 Å². The van der Waals surface area contributed by atoms with Crippen molar-refractivity contribution in [1.29, 1.82) is 0 Å². The number of nitrogens with zero attached hydrogens (tertiary/aromatic N) is 3. The van der Waals surface area contributed by atoms with Crippen LogP contribution in [0.15, 0.2) is 22.5 Å². The summed E-state index contributed by atoms with van der Waals surface area (Å²) >= 11 is 4.90. The third kappa shape index (κ3) is 3.95. The fraction of sp³-hybridized carbons (Fsp3) is 0.579.